The molecule has 0 saturated carbocycles. The van der Waals surface area contributed by atoms with E-state index < -0.39 is 0 Å². The molecule has 1 atom stereocenters. The Morgan fingerprint density at radius 3 is 2.68 bits per heavy atom. The molecule has 7 nitrogen and oxygen atoms in total. The molecule has 0 amide bonds. The maximum Gasteiger partial charge on any atom is 0.229 e. The minimum absolute atomic E-state index is 0.231. The standard InChI is InChI=1S/C24H25N7/c1-2-4-21-17(3-1)5-10-22(21)31-23-18(16-27-31)15-26-24(29-23)28-19-6-8-20(9-7-19)30-13-11-25-12-14-30/h1-4,6-9,15-16,22,25H,5,10-14H2,(H,26,28,29)/t22-/m0/s1. The Morgan fingerprint density at radius 2 is 1.81 bits per heavy atom. The van der Waals surface area contributed by atoms with Crippen molar-refractivity contribution in [3.63, 3.8) is 0 Å². The van der Waals surface area contributed by atoms with E-state index in [2.05, 4.69) is 78.8 Å². The summed E-state index contributed by atoms with van der Waals surface area (Å²) < 4.78 is 2.06. The number of nitrogens with zero attached hydrogens (tertiary/aromatic N) is 5. The van der Waals surface area contributed by atoms with Gasteiger partial charge in [0.1, 0.15) is 0 Å². The van der Waals surface area contributed by atoms with Gasteiger partial charge in [0.2, 0.25) is 5.95 Å². The lowest BCUT2D eigenvalue weighted by Crippen LogP contribution is -2.43. The molecule has 0 spiro atoms. The Kier molecular flexibility index (Phi) is 4.53. The Bertz CT molecular complexity index is 1210. The van der Waals surface area contributed by atoms with E-state index >= 15 is 0 Å². The summed E-state index contributed by atoms with van der Waals surface area (Å²) in [7, 11) is 0. The summed E-state index contributed by atoms with van der Waals surface area (Å²) in [6.45, 7) is 4.15. The third-order valence-electron chi connectivity index (χ3n) is 6.34. The predicted molar refractivity (Wildman–Crippen MR) is 123 cm³/mol. The number of aryl methyl sites for hydroxylation is 1. The highest BCUT2D eigenvalue weighted by atomic mass is 15.3. The quantitative estimate of drug-likeness (QED) is 0.536. The number of anilines is 3. The van der Waals surface area contributed by atoms with Crippen LogP contribution < -0.4 is 15.5 Å². The molecular weight excluding hydrogens is 386 g/mol. The molecule has 1 fully saturated rings. The first-order valence-electron chi connectivity index (χ1n) is 11.0. The van der Waals surface area contributed by atoms with Gasteiger partial charge < -0.3 is 15.5 Å². The van der Waals surface area contributed by atoms with E-state index in [1.165, 1.54) is 16.8 Å². The van der Waals surface area contributed by atoms with Crippen molar-refractivity contribution in [1.82, 2.24) is 25.1 Å². The fourth-order valence-electron chi connectivity index (χ4n) is 4.72. The van der Waals surface area contributed by atoms with E-state index in [1.807, 2.05) is 12.4 Å². The summed E-state index contributed by atoms with van der Waals surface area (Å²) in [6.07, 6.45) is 5.85. The SMILES string of the molecule is c1ccc2c(c1)CC[C@@H]2n1ncc2cnc(Nc3ccc(N4CCNCC4)cc3)nc21. The fourth-order valence-corrected chi connectivity index (χ4v) is 4.72. The van der Waals surface area contributed by atoms with Crippen molar-refractivity contribution >= 4 is 28.4 Å². The van der Waals surface area contributed by atoms with Crippen LogP contribution in [0.3, 0.4) is 0 Å². The van der Waals surface area contributed by atoms with Gasteiger partial charge in [-0.15, -0.1) is 0 Å². The van der Waals surface area contributed by atoms with Crippen LogP contribution in [-0.2, 0) is 6.42 Å². The highest BCUT2D eigenvalue weighted by molar-refractivity contribution is 5.75. The van der Waals surface area contributed by atoms with Crippen LogP contribution in [0.5, 0.6) is 0 Å². The average molecular weight is 412 g/mol. The van der Waals surface area contributed by atoms with Gasteiger partial charge in [-0.3, -0.25) is 0 Å². The zero-order valence-electron chi connectivity index (χ0n) is 17.3. The second-order valence-electron chi connectivity index (χ2n) is 8.22. The Morgan fingerprint density at radius 1 is 0.968 bits per heavy atom. The average Bonchev–Trinajstić information content (AvgIpc) is 3.44. The lowest BCUT2D eigenvalue weighted by molar-refractivity contribution is 0.533. The van der Waals surface area contributed by atoms with E-state index in [1.54, 1.807) is 0 Å². The number of nitrogens with one attached hydrogen (secondary N) is 2. The van der Waals surface area contributed by atoms with Crippen LogP contribution in [0.4, 0.5) is 17.3 Å². The highest BCUT2D eigenvalue weighted by Gasteiger charge is 2.26. The molecule has 2 aromatic heterocycles. The van der Waals surface area contributed by atoms with E-state index in [0.29, 0.717) is 5.95 Å². The number of fused-ring (bicyclic) bond motifs is 2. The van der Waals surface area contributed by atoms with E-state index in [4.69, 9.17) is 4.98 Å². The van der Waals surface area contributed by atoms with Crippen LogP contribution in [0.15, 0.2) is 60.9 Å². The van der Waals surface area contributed by atoms with Gasteiger partial charge >= 0.3 is 0 Å². The van der Waals surface area contributed by atoms with Gasteiger partial charge in [-0.25, -0.2) is 9.67 Å². The van der Waals surface area contributed by atoms with Gasteiger partial charge in [0, 0.05) is 43.8 Å². The zero-order chi connectivity index (χ0) is 20.6. The molecule has 31 heavy (non-hydrogen) atoms. The topological polar surface area (TPSA) is 70.9 Å². The second-order valence-corrected chi connectivity index (χ2v) is 8.22. The molecule has 3 heterocycles. The Hall–Kier alpha value is -3.45. The summed E-state index contributed by atoms with van der Waals surface area (Å²) in [6, 6.07) is 17.4. The van der Waals surface area contributed by atoms with Crippen molar-refractivity contribution in [3.8, 4) is 0 Å². The molecule has 4 aromatic rings. The molecule has 1 saturated heterocycles. The predicted octanol–water partition coefficient (Wildman–Crippen LogP) is 3.52. The van der Waals surface area contributed by atoms with Gasteiger partial charge in [-0.2, -0.15) is 10.1 Å². The molecule has 0 unspecified atom stereocenters. The largest absolute Gasteiger partial charge is 0.369 e. The lowest BCUT2D eigenvalue weighted by atomic mass is 10.1. The number of piperazine rings is 1. The van der Waals surface area contributed by atoms with Gasteiger partial charge in [0.15, 0.2) is 5.65 Å². The molecule has 2 N–H and O–H groups in total. The van der Waals surface area contributed by atoms with Crippen molar-refractivity contribution in [1.29, 1.82) is 0 Å². The molecule has 1 aliphatic heterocycles. The Balaban J connectivity index is 1.26. The molecule has 156 valence electrons. The van der Waals surface area contributed by atoms with Crippen LogP contribution in [0.2, 0.25) is 0 Å². The van der Waals surface area contributed by atoms with Crippen LogP contribution in [-0.4, -0.2) is 45.9 Å². The minimum Gasteiger partial charge on any atom is -0.369 e. The summed E-state index contributed by atoms with van der Waals surface area (Å²) in [5.41, 5.74) is 5.87. The first kappa shape index (κ1) is 18.3. The molecule has 1 aliphatic carbocycles. The summed E-state index contributed by atoms with van der Waals surface area (Å²) in [5.74, 6) is 0.593. The van der Waals surface area contributed by atoms with E-state index in [-0.39, 0.29) is 6.04 Å². The number of rotatable bonds is 4. The van der Waals surface area contributed by atoms with Crippen LogP contribution in [0, 0.1) is 0 Å². The zero-order valence-corrected chi connectivity index (χ0v) is 17.3. The van der Waals surface area contributed by atoms with Crippen molar-refractivity contribution in [2.75, 3.05) is 36.4 Å². The Labute approximate surface area is 181 Å². The summed E-state index contributed by atoms with van der Waals surface area (Å²) in [5, 5.41) is 12.4. The maximum atomic E-state index is 4.82. The second kappa shape index (κ2) is 7.67. The summed E-state index contributed by atoms with van der Waals surface area (Å²) in [4.78, 5) is 11.7. The molecule has 6 rings (SSSR count). The number of hydrogen-bond donors (Lipinski definition) is 2. The monoisotopic (exact) mass is 411 g/mol. The van der Waals surface area contributed by atoms with E-state index in [0.717, 1.165) is 55.7 Å². The van der Waals surface area contributed by atoms with Crippen molar-refractivity contribution in [3.05, 3.63) is 72.1 Å². The van der Waals surface area contributed by atoms with Crippen molar-refractivity contribution in [2.24, 2.45) is 0 Å². The number of hydrogen-bond acceptors (Lipinski definition) is 6. The van der Waals surface area contributed by atoms with Crippen molar-refractivity contribution < 1.29 is 0 Å². The van der Waals surface area contributed by atoms with Crippen molar-refractivity contribution in [2.45, 2.75) is 18.9 Å². The molecule has 0 bridgehead atoms. The molecule has 0 radical (unpaired) electrons. The maximum absolute atomic E-state index is 4.82. The van der Waals surface area contributed by atoms with E-state index in [9.17, 15) is 0 Å². The molecule has 2 aliphatic rings. The smallest absolute Gasteiger partial charge is 0.229 e. The molecular formula is C24H25N7. The summed E-state index contributed by atoms with van der Waals surface area (Å²) >= 11 is 0. The third kappa shape index (κ3) is 3.41. The first-order valence-corrected chi connectivity index (χ1v) is 11.0. The third-order valence-corrected chi connectivity index (χ3v) is 6.34. The van der Waals surface area contributed by atoms with Crippen LogP contribution >= 0.6 is 0 Å². The number of benzene rings is 2. The van der Waals surface area contributed by atoms with Gasteiger partial charge in [-0.1, -0.05) is 24.3 Å². The van der Waals surface area contributed by atoms with Gasteiger partial charge in [0.25, 0.3) is 0 Å². The van der Waals surface area contributed by atoms with Crippen LogP contribution in [0.25, 0.3) is 11.0 Å². The highest BCUT2D eigenvalue weighted by Crippen LogP contribution is 2.35. The molecule has 7 heteroatoms. The minimum atomic E-state index is 0.231. The van der Waals surface area contributed by atoms with Gasteiger partial charge in [0.05, 0.1) is 17.6 Å². The molecule has 2 aromatic carbocycles. The normalized spacial score (nSPS) is 18.3. The first-order chi connectivity index (χ1) is 15.3. The lowest BCUT2D eigenvalue weighted by Gasteiger charge is -2.29. The fraction of sp³-hybridized carbons (Fsp3) is 0.292. The van der Waals surface area contributed by atoms with Crippen LogP contribution in [0.1, 0.15) is 23.6 Å². The number of aromatic nitrogens is 4. The van der Waals surface area contributed by atoms with Gasteiger partial charge in [-0.05, 0) is 48.2 Å².